The Morgan fingerprint density at radius 3 is 2.08 bits per heavy atom. The van der Waals surface area contributed by atoms with Crippen LogP contribution in [0.1, 0.15) is 46.5 Å². The first-order chi connectivity index (χ1) is 6.35. The second-order valence-electron chi connectivity index (χ2n) is 3.32. The topological polar surface area (TPSA) is 27.3 Å². The van der Waals surface area contributed by atoms with Crippen molar-refractivity contribution in [3.63, 3.8) is 0 Å². The van der Waals surface area contributed by atoms with Crippen LogP contribution in [-0.2, 0) is 0 Å². The van der Waals surface area contributed by atoms with Crippen molar-refractivity contribution in [2.75, 3.05) is 19.6 Å². The van der Waals surface area contributed by atoms with Crippen LogP contribution in [0, 0.1) is 0 Å². The quantitative estimate of drug-likeness (QED) is 0.426. The Kier molecular flexibility index (Phi) is 9.87. The van der Waals surface area contributed by atoms with Crippen LogP contribution in [0.5, 0.6) is 0 Å². The highest BCUT2D eigenvalue weighted by Crippen LogP contribution is 1.86. The Morgan fingerprint density at radius 1 is 0.846 bits per heavy atom. The van der Waals surface area contributed by atoms with Crippen LogP contribution in [0.3, 0.4) is 0 Å². The highest BCUT2D eigenvalue weighted by Gasteiger charge is 1.99. The Bertz CT molecular complexity index is 96.2. The molecule has 0 fully saturated rings. The number of hydrogen-bond donors (Lipinski definition) is 2. The summed E-state index contributed by atoms with van der Waals surface area (Å²) in [5.74, 6) is 0. The monoisotopic (exact) mass is 187 g/mol. The minimum atomic E-state index is 1.05. The van der Waals surface area contributed by atoms with Gasteiger partial charge in [-0.25, -0.2) is 10.9 Å². The number of nitrogens with one attached hydrogen (secondary N) is 2. The zero-order chi connectivity index (χ0) is 9.94. The lowest BCUT2D eigenvalue weighted by molar-refractivity contribution is 0.113. The minimum Gasteiger partial charge on any atom is -0.242 e. The van der Waals surface area contributed by atoms with E-state index in [1.165, 1.54) is 25.7 Å². The van der Waals surface area contributed by atoms with Gasteiger partial charge in [-0.1, -0.05) is 27.2 Å². The second kappa shape index (κ2) is 9.96. The fourth-order valence-corrected chi connectivity index (χ4v) is 1.08. The standard InChI is InChI=1S/C10H25N3/c1-4-7-9-12-13(10-6-3)11-8-5-2/h11-12H,4-10H2,1-3H3. The maximum Gasteiger partial charge on any atom is 0.0285 e. The highest BCUT2D eigenvalue weighted by atomic mass is 15.7. The van der Waals surface area contributed by atoms with Crippen molar-refractivity contribution in [2.45, 2.75) is 46.5 Å². The molecule has 0 aliphatic rings. The van der Waals surface area contributed by atoms with E-state index in [0.29, 0.717) is 0 Å². The van der Waals surface area contributed by atoms with Crippen molar-refractivity contribution in [3.8, 4) is 0 Å². The van der Waals surface area contributed by atoms with E-state index in [0.717, 1.165) is 19.6 Å². The smallest absolute Gasteiger partial charge is 0.0285 e. The zero-order valence-electron chi connectivity index (χ0n) is 9.40. The van der Waals surface area contributed by atoms with Gasteiger partial charge < -0.3 is 0 Å². The summed E-state index contributed by atoms with van der Waals surface area (Å²) in [7, 11) is 0. The fourth-order valence-electron chi connectivity index (χ4n) is 1.08. The van der Waals surface area contributed by atoms with E-state index in [-0.39, 0.29) is 0 Å². The SMILES string of the molecule is CCCCNN(CCC)NCCC. The summed E-state index contributed by atoms with van der Waals surface area (Å²) in [5, 5.41) is 2.12. The molecule has 0 saturated carbocycles. The Hall–Kier alpha value is -0.120. The zero-order valence-corrected chi connectivity index (χ0v) is 9.40. The van der Waals surface area contributed by atoms with E-state index in [1.807, 2.05) is 0 Å². The van der Waals surface area contributed by atoms with Crippen LogP contribution in [0.15, 0.2) is 0 Å². The highest BCUT2D eigenvalue weighted by molar-refractivity contribution is 4.46. The molecule has 0 atom stereocenters. The first-order valence-corrected chi connectivity index (χ1v) is 5.59. The van der Waals surface area contributed by atoms with Gasteiger partial charge in [-0.2, -0.15) is 5.12 Å². The third-order valence-electron chi connectivity index (χ3n) is 1.83. The van der Waals surface area contributed by atoms with E-state index in [1.54, 1.807) is 0 Å². The van der Waals surface area contributed by atoms with Gasteiger partial charge in [-0.3, -0.25) is 0 Å². The molecular formula is C10H25N3. The third kappa shape index (κ3) is 8.22. The van der Waals surface area contributed by atoms with Gasteiger partial charge in [0.05, 0.1) is 0 Å². The molecule has 0 spiro atoms. The molecule has 0 aliphatic carbocycles. The molecule has 0 aromatic heterocycles. The maximum atomic E-state index is 3.38. The first kappa shape index (κ1) is 12.9. The van der Waals surface area contributed by atoms with Crippen LogP contribution < -0.4 is 10.9 Å². The summed E-state index contributed by atoms with van der Waals surface area (Å²) in [6, 6.07) is 0. The van der Waals surface area contributed by atoms with Gasteiger partial charge >= 0.3 is 0 Å². The minimum absolute atomic E-state index is 1.05. The molecule has 0 bridgehead atoms. The van der Waals surface area contributed by atoms with Crippen LogP contribution in [-0.4, -0.2) is 24.8 Å². The summed E-state index contributed by atoms with van der Waals surface area (Å²) < 4.78 is 0. The van der Waals surface area contributed by atoms with Crippen LogP contribution in [0.25, 0.3) is 0 Å². The molecule has 0 heterocycles. The van der Waals surface area contributed by atoms with Crippen LogP contribution in [0.2, 0.25) is 0 Å². The van der Waals surface area contributed by atoms with Gasteiger partial charge in [-0.15, -0.1) is 0 Å². The number of nitrogens with zero attached hydrogens (tertiary/aromatic N) is 1. The van der Waals surface area contributed by atoms with Gasteiger partial charge in [0.2, 0.25) is 0 Å². The normalized spacial score (nSPS) is 11.1. The average molecular weight is 187 g/mol. The van der Waals surface area contributed by atoms with Crippen molar-refractivity contribution in [1.82, 2.24) is 16.0 Å². The number of hydrogen-bond acceptors (Lipinski definition) is 3. The molecule has 0 rings (SSSR count). The Morgan fingerprint density at radius 2 is 1.54 bits per heavy atom. The van der Waals surface area contributed by atoms with Crippen molar-refractivity contribution < 1.29 is 0 Å². The van der Waals surface area contributed by atoms with Gasteiger partial charge in [0, 0.05) is 19.6 Å². The molecule has 0 aromatic rings. The molecular weight excluding hydrogens is 162 g/mol. The van der Waals surface area contributed by atoms with Crippen LogP contribution >= 0.6 is 0 Å². The van der Waals surface area contributed by atoms with Gasteiger partial charge in [0.1, 0.15) is 0 Å². The van der Waals surface area contributed by atoms with Crippen LogP contribution in [0.4, 0.5) is 0 Å². The molecule has 3 heteroatoms. The summed E-state index contributed by atoms with van der Waals surface area (Å²) in [6.45, 7) is 9.80. The van der Waals surface area contributed by atoms with Crippen molar-refractivity contribution in [3.05, 3.63) is 0 Å². The van der Waals surface area contributed by atoms with Gasteiger partial charge in [0.15, 0.2) is 0 Å². The summed E-state index contributed by atoms with van der Waals surface area (Å²) >= 11 is 0. The molecule has 80 valence electrons. The van der Waals surface area contributed by atoms with Gasteiger partial charge in [0.25, 0.3) is 0 Å². The predicted molar refractivity (Wildman–Crippen MR) is 58.2 cm³/mol. The summed E-state index contributed by atoms with van der Waals surface area (Å²) in [4.78, 5) is 0. The molecule has 0 aliphatic heterocycles. The maximum absolute atomic E-state index is 3.38. The lowest BCUT2D eigenvalue weighted by atomic mass is 10.3. The lowest BCUT2D eigenvalue weighted by Gasteiger charge is -2.23. The van der Waals surface area contributed by atoms with E-state index in [4.69, 9.17) is 0 Å². The molecule has 0 saturated heterocycles. The Labute approximate surface area is 82.8 Å². The third-order valence-corrected chi connectivity index (χ3v) is 1.83. The number of hydrazine groups is 2. The first-order valence-electron chi connectivity index (χ1n) is 5.59. The van der Waals surface area contributed by atoms with Crippen molar-refractivity contribution in [2.24, 2.45) is 0 Å². The van der Waals surface area contributed by atoms with Gasteiger partial charge in [-0.05, 0) is 19.3 Å². The molecule has 2 N–H and O–H groups in total. The summed E-state index contributed by atoms with van der Waals surface area (Å²) in [5.41, 5.74) is 6.73. The number of unbranched alkanes of at least 4 members (excludes halogenated alkanes) is 1. The predicted octanol–water partition coefficient (Wildman–Crippen LogP) is 1.92. The average Bonchev–Trinajstić information content (AvgIpc) is 2.14. The second-order valence-corrected chi connectivity index (χ2v) is 3.32. The molecule has 0 unspecified atom stereocenters. The largest absolute Gasteiger partial charge is 0.242 e. The van der Waals surface area contributed by atoms with E-state index in [9.17, 15) is 0 Å². The lowest BCUT2D eigenvalue weighted by Crippen LogP contribution is -2.49. The van der Waals surface area contributed by atoms with E-state index >= 15 is 0 Å². The molecule has 3 nitrogen and oxygen atoms in total. The fraction of sp³-hybridized carbons (Fsp3) is 1.00. The van der Waals surface area contributed by atoms with E-state index in [2.05, 4.69) is 36.7 Å². The summed E-state index contributed by atoms with van der Waals surface area (Å²) in [6.07, 6.45) is 4.85. The van der Waals surface area contributed by atoms with Crippen molar-refractivity contribution >= 4 is 0 Å². The molecule has 0 aromatic carbocycles. The molecule has 0 radical (unpaired) electrons. The molecule has 0 amide bonds. The number of rotatable bonds is 9. The van der Waals surface area contributed by atoms with E-state index < -0.39 is 0 Å². The molecule has 13 heavy (non-hydrogen) atoms. The Balaban J connectivity index is 3.41. The van der Waals surface area contributed by atoms with Crippen molar-refractivity contribution in [1.29, 1.82) is 0 Å².